The molecule has 0 aromatic heterocycles. The molecule has 1 aromatic rings. The molecule has 5 nitrogen and oxygen atoms in total. The molecular formula is C18H25I2NO4. The SMILES string of the molecule is CC(C)(C)OC(=O)NC(Cc1ccc(I)cc1I)C(=O)OC(C)(C)C. The molecule has 0 aliphatic rings. The molecule has 0 saturated carbocycles. The summed E-state index contributed by atoms with van der Waals surface area (Å²) in [5, 5.41) is 2.65. The van der Waals surface area contributed by atoms with Gasteiger partial charge >= 0.3 is 12.1 Å². The molecule has 0 bridgehead atoms. The molecule has 0 saturated heterocycles. The van der Waals surface area contributed by atoms with Crippen LogP contribution >= 0.6 is 45.2 Å². The summed E-state index contributed by atoms with van der Waals surface area (Å²) in [7, 11) is 0. The summed E-state index contributed by atoms with van der Waals surface area (Å²) >= 11 is 4.46. The number of amides is 1. The maximum Gasteiger partial charge on any atom is 0.408 e. The number of carbonyl (C=O) groups excluding carboxylic acids is 2. The van der Waals surface area contributed by atoms with Gasteiger partial charge in [-0.15, -0.1) is 0 Å². The molecule has 0 aliphatic carbocycles. The monoisotopic (exact) mass is 573 g/mol. The fourth-order valence-electron chi connectivity index (χ4n) is 1.92. The number of hydrogen-bond acceptors (Lipinski definition) is 4. The van der Waals surface area contributed by atoms with Crippen molar-refractivity contribution >= 4 is 57.2 Å². The number of halogens is 2. The van der Waals surface area contributed by atoms with Crippen LogP contribution in [-0.2, 0) is 20.7 Å². The summed E-state index contributed by atoms with van der Waals surface area (Å²) in [5.74, 6) is -0.479. The third-order valence-electron chi connectivity index (χ3n) is 2.82. The van der Waals surface area contributed by atoms with Gasteiger partial charge in [-0.3, -0.25) is 0 Å². The Morgan fingerprint density at radius 3 is 2.08 bits per heavy atom. The van der Waals surface area contributed by atoms with E-state index in [1.165, 1.54) is 0 Å². The number of ether oxygens (including phenoxy) is 2. The first-order valence-corrected chi connectivity index (χ1v) is 10.1. The smallest absolute Gasteiger partial charge is 0.408 e. The fourth-order valence-corrected chi connectivity index (χ4v) is 3.75. The van der Waals surface area contributed by atoms with E-state index in [1.54, 1.807) is 41.5 Å². The molecule has 1 aromatic carbocycles. The van der Waals surface area contributed by atoms with Crippen molar-refractivity contribution in [2.75, 3.05) is 0 Å². The van der Waals surface area contributed by atoms with Crippen LogP contribution < -0.4 is 5.32 Å². The first-order chi connectivity index (χ1) is 11.3. The molecule has 0 radical (unpaired) electrons. The Morgan fingerprint density at radius 1 is 1.04 bits per heavy atom. The van der Waals surface area contributed by atoms with E-state index in [1.807, 2.05) is 18.2 Å². The summed E-state index contributed by atoms with van der Waals surface area (Å²) in [6, 6.07) is 5.13. The average Bonchev–Trinajstić information content (AvgIpc) is 2.36. The highest BCUT2D eigenvalue weighted by molar-refractivity contribution is 14.1. The molecule has 0 heterocycles. The van der Waals surface area contributed by atoms with E-state index in [0.29, 0.717) is 6.42 Å². The number of rotatable bonds is 4. The van der Waals surface area contributed by atoms with Crippen LogP contribution in [0.3, 0.4) is 0 Å². The van der Waals surface area contributed by atoms with E-state index in [9.17, 15) is 9.59 Å². The van der Waals surface area contributed by atoms with Crippen molar-refractivity contribution in [2.24, 2.45) is 0 Å². The number of carbonyl (C=O) groups is 2. The van der Waals surface area contributed by atoms with Crippen LogP contribution in [0.5, 0.6) is 0 Å². The zero-order valence-electron chi connectivity index (χ0n) is 15.4. The van der Waals surface area contributed by atoms with E-state index < -0.39 is 29.3 Å². The Morgan fingerprint density at radius 2 is 1.60 bits per heavy atom. The van der Waals surface area contributed by atoms with Crippen molar-refractivity contribution in [3.63, 3.8) is 0 Å². The van der Waals surface area contributed by atoms with E-state index in [2.05, 4.69) is 50.5 Å². The standard InChI is InChI=1S/C18H25I2NO4/c1-17(2,3)24-15(22)14(21-16(23)25-18(4,5)6)9-11-7-8-12(19)10-13(11)20/h7-8,10,14H,9H2,1-6H3,(H,21,23). The van der Waals surface area contributed by atoms with E-state index >= 15 is 0 Å². The number of alkyl carbamates (subject to hydrolysis) is 1. The van der Waals surface area contributed by atoms with Gasteiger partial charge in [-0.05, 0) is 104 Å². The lowest BCUT2D eigenvalue weighted by Crippen LogP contribution is -2.47. The minimum Gasteiger partial charge on any atom is -0.458 e. The number of benzene rings is 1. The third kappa shape index (κ3) is 9.07. The van der Waals surface area contributed by atoms with E-state index in [4.69, 9.17) is 9.47 Å². The Labute approximate surface area is 176 Å². The third-order valence-corrected chi connectivity index (χ3v) is 4.50. The van der Waals surface area contributed by atoms with Crippen LogP contribution in [0.15, 0.2) is 18.2 Å². The lowest BCUT2D eigenvalue weighted by Gasteiger charge is -2.26. The highest BCUT2D eigenvalue weighted by Crippen LogP contribution is 2.19. The maximum absolute atomic E-state index is 12.5. The molecule has 7 heteroatoms. The summed E-state index contributed by atoms with van der Waals surface area (Å²) < 4.78 is 12.9. The lowest BCUT2D eigenvalue weighted by atomic mass is 10.1. The Kier molecular flexibility index (Phi) is 7.97. The molecule has 140 valence electrons. The molecule has 0 aliphatic heterocycles. The van der Waals surface area contributed by atoms with Gasteiger partial charge in [-0.1, -0.05) is 6.07 Å². The van der Waals surface area contributed by atoms with Crippen molar-refractivity contribution in [2.45, 2.75) is 65.2 Å². The largest absolute Gasteiger partial charge is 0.458 e. The lowest BCUT2D eigenvalue weighted by molar-refractivity contribution is -0.157. The van der Waals surface area contributed by atoms with Crippen molar-refractivity contribution in [3.05, 3.63) is 30.9 Å². The minimum absolute atomic E-state index is 0.337. The van der Waals surface area contributed by atoms with E-state index in [0.717, 1.165) is 12.7 Å². The molecule has 25 heavy (non-hydrogen) atoms. The number of esters is 1. The van der Waals surface area contributed by atoms with Gasteiger partial charge in [0.15, 0.2) is 0 Å². The minimum atomic E-state index is -0.817. The van der Waals surface area contributed by atoms with Gasteiger partial charge in [-0.2, -0.15) is 0 Å². The quantitative estimate of drug-likeness (QED) is 0.420. The molecule has 0 fully saturated rings. The van der Waals surface area contributed by atoms with Crippen LogP contribution in [-0.4, -0.2) is 29.3 Å². The highest BCUT2D eigenvalue weighted by Gasteiger charge is 2.29. The van der Waals surface area contributed by atoms with Crippen LogP contribution in [0.25, 0.3) is 0 Å². The summed E-state index contributed by atoms with van der Waals surface area (Å²) in [5.41, 5.74) is -0.308. The molecule has 1 rings (SSSR count). The predicted octanol–water partition coefficient (Wildman–Crippen LogP) is 4.67. The molecule has 1 amide bonds. The van der Waals surface area contributed by atoms with Gasteiger partial charge in [0.2, 0.25) is 0 Å². The normalized spacial score (nSPS) is 13.1. The van der Waals surface area contributed by atoms with Gasteiger partial charge in [0.25, 0.3) is 0 Å². The topological polar surface area (TPSA) is 64.6 Å². The van der Waals surface area contributed by atoms with Crippen molar-refractivity contribution in [3.8, 4) is 0 Å². The second-order valence-electron chi connectivity index (χ2n) is 7.67. The first-order valence-electron chi connectivity index (χ1n) is 7.93. The fraction of sp³-hybridized carbons (Fsp3) is 0.556. The molecule has 1 unspecified atom stereocenters. The Bertz CT molecular complexity index is 633. The van der Waals surface area contributed by atoms with Crippen molar-refractivity contribution in [1.29, 1.82) is 0 Å². The number of nitrogens with one attached hydrogen (secondary N) is 1. The average molecular weight is 573 g/mol. The van der Waals surface area contributed by atoms with Crippen LogP contribution in [0.4, 0.5) is 4.79 Å². The number of hydrogen-bond donors (Lipinski definition) is 1. The van der Waals surface area contributed by atoms with Gasteiger partial charge in [0, 0.05) is 13.6 Å². The van der Waals surface area contributed by atoms with Crippen LogP contribution in [0.1, 0.15) is 47.1 Å². The molecule has 0 spiro atoms. The summed E-state index contributed by atoms with van der Waals surface area (Å²) in [6.45, 7) is 10.7. The Balaban J connectivity index is 2.98. The second kappa shape index (κ2) is 8.88. The van der Waals surface area contributed by atoms with Crippen LogP contribution in [0, 0.1) is 7.14 Å². The molecule has 1 N–H and O–H groups in total. The zero-order chi connectivity index (χ0) is 19.4. The first kappa shape index (κ1) is 22.5. The zero-order valence-corrected chi connectivity index (χ0v) is 19.7. The molecule has 1 atom stereocenters. The summed E-state index contributed by atoms with van der Waals surface area (Å²) in [6.07, 6.45) is -0.299. The van der Waals surface area contributed by atoms with Gasteiger partial charge in [0.1, 0.15) is 17.2 Å². The summed E-state index contributed by atoms with van der Waals surface area (Å²) in [4.78, 5) is 24.7. The van der Waals surface area contributed by atoms with Crippen molar-refractivity contribution in [1.82, 2.24) is 5.32 Å². The highest BCUT2D eigenvalue weighted by atomic mass is 127. The second-order valence-corrected chi connectivity index (χ2v) is 10.1. The van der Waals surface area contributed by atoms with E-state index in [-0.39, 0.29) is 0 Å². The predicted molar refractivity (Wildman–Crippen MR) is 115 cm³/mol. The van der Waals surface area contributed by atoms with Gasteiger partial charge < -0.3 is 14.8 Å². The van der Waals surface area contributed by atoms with Gasteiger partial charge in [-0.25, -0.2) is 9.59 Å². The van der Waals surface area contributed by atoms with Gasteiger partial charge in [0.05, 0.1) is 0 Å². The van der Waals surface area contributed by atoms with Crippen LogP contribution in [0.2, 0.25) is 0 Å². The van der Waals surface area contributed by atoms with Crippen molar-refractivity contribution < 1.29 is 19.1 Å². The maximum atomic E-state index is 12.5. The Hall–Kier alpha value is -0.580. The molecular weight excluding hydrogens is 548 g/mol.